The number of aryl methyl sites for hydroxylation is 1. The first-order valence-corrected chi connectivity index (χ1v) is 7.65. The van der Waals surface area contributed by atoms with Crippen LogP contribution in [-0.2, 0) is 16.6 Å². The standard InChI is InChI=1S/C13H20N2O2S/c1-10-3-4-12(8-14)7-13(10)18(16,17)15(2)9-11-5-6-11/h3-4,7,11H,5-6,8-9,14H2,1-2H3. The Morgan fingerprint density at radius 3 is 2.61 bits per heavy atom. The van der Waals surface area contributed by atoms with Crippen LogP contribution in [-0.4, -0.2) is 26.3 Å². The van der Waals surface area contributed by atoms with E-state index in [4.69, 9.17) is 5.73 Å². The van der Waals surface area contributed by atoms with Crippen molar-refractivity contribution in [1.29, 1.82) is 0 Å². The van der Waals surface area contributed by atoms with Crippen LogP contribution in [0.5, 0.6) is 0 Å². The second-order valence-corrected chi connectivity index (χ2v) is 7.05. The molecule has 1 aliphatic carbocycles. The van der Waals surface area contributed by atoms with Gasteiger partial charge < -0.3 is 5.73 Å². The van der Waals surface area contributed by atoms with Gasteiger partial charge in [0.1, 0.15) is 0 Å². The average Bonchev–Trinajstić information content (AvgIpc) is 3.13. The Bertz CT molecular complexity index is 536. The van der Waals surface area contributed by atoms with E-state index >= 15 is 0 Å². The van der Waals surface area contributed by atoms with E-state index in [-0.39, 0.29) is 0 Å². The third-order valence-electron chi connectivity index (χ3n) is 3.39. The average molecular weight is 268 g/mol. The van der Waals surface area contributed by atoms with Crippen molar-refractivity contribution < 1.29 is 8.42 Å². The zero-order chi connectivity index (χ0) is 13.3. The lowest BCUT2D eigenvalue weighted by atomic mass is 10.1. The van der Waals surface area contributed by atoms with E-state index < -0.39 is 10.0 Å². The smallest absolute Gasteiger partial charge is 0.243 e. The van der Waals surface area contributed by atoms with Crippen LogP contribution >= 0.6 is 0 Å². The molecule has 2 rings (SSSR count). The number of hydrogen-bond donors (Lipinski definition) is 1. The maximum atomic E-state index is 12.5. The highest BCUT2D eigenvalue weighted by Gasteiger charge is 2.29. The van der Waals surface area contributed by atoms with Crippen molar-refractivity contribution in [3.05, 3.63) is 29.3 Å². The van der Waals surface area contributed by atoms with Crippen molar-refractivity contribution >= 4 is 10.0 Å². The third kappa shape index (κ3) is 2.74. The quantitative estimate of drug-likeness (QED) is 0.880. The molecule has 4 nitrogen and oxygen atoms in total. The Balaban J connectivity index is 2.32. The van der Waals surface area contributed by atoms with E-state index in [1.807, 2.05) is 19.1 Å². The van der Waals surface area contributed by atoms with Crippen LogP contribution in [0.2, 0.25) is 0 Å². The van der Waals surface area contributed by atoms with Crippen molar-refractivity contribution in [3.63, 3.8) is 0 Å². The minimum absolute atomic E-state index is 0.356. The monoisotopic (exact) mass is 268 g/mol. The van der Waals surface area contributed by atoms with Crippen LogP contribution in [0.4, 0.5) is 0 Å². The molecule has 0 aliphatic heterocycles. The molecule has 0 saturated heterocycles. The maximum absolute atomic E-state index is 12.5. The van der Waals surface area contributed by atoms with E-state index in [0.29, 0.717) is 23.9 Å². The highest BCUT2D eigenvalue weighted by Crippen LogP contribution is 2.31. The van der Waals surface area contributed by atoms with Crippen LogP contribution in [0, 0.1) is 12.8 Å². The maximum Gasteiger partial charge on any atom is 0.243 e. The molecular weight excluding hydrogens is 248 g/mol. The molecule has 5 heteroatoms. The lowest BCUT2D eigenvalue weighted by Gasteiger charge is -2.18. The van der Waals surface area contributed by atoms with Gasteiger partial charge in [-0.25, -0.2) is 12.7 Å². The predicted octanol–water partition coefficient (Wildman–Crippen LogP) is 1.48. The first-order valence-electron chi connectivity index (χ1n) is 6.21. The first kappa shape index (κ1) is 13.5. The largest absolute Gasteiger partial charge is 0.326 e. The molecule has 0 bridgehead atoms. The van der Waals surface area contributed by atoms with Crippen molar-refractivity contribution in [2.75, 3.05) is 13.6 Å². The topological polar surface area (TPSA) is 63.4 Å². The molecule has 0 unspecified atom stereocenters. The highest BCUT2D eigenvalue weighted by molar-refractivity contribution is 7.89. The number of nitrogens with two attached hydrogens (primary N) is 1. The summed E-state index contributed by atoms with van der Waals surface area (Å²) in [5, 5.41) is 0. The van der Waals surface area contributed by atoms with Crippen LogP contribution in [0.15, 0.2) is 23.1 Å². The van der Waals surface area contributed by atoms with E-state index in [0.717, 1.165) is 24.0 Å². The SMILES string of the molecule is Cc1ccc(CN)cc1S(=O)(=O)N(C)CC1CC1. The Morgan fingerprint density at radius 1 is 1.39 bits per heavy atom. The molecule has 1 aliphatic rings. The lowest BCUT2D eigenvalue weighted by Crippen LogP contribution is -2.29. The molecule has 0 amide bonds. The van der Waals surface area contributed by atoms with Crippen molar-refractivity contribution in [2.45, 2.75) is 31.2 Å². The number of sulfonamides is 1. The number of hydrogen-bond acceptors (Lipinski definition) is 3. The molecule has 0 atom stereocenters. The van der Waals surface area contributed by atoms with E-state index in [9.17, 15) is 8.42 Å². The van der Waals surface area contributed by atoms with Gasteiger partial charge in [-0.15, -0.1) is 0 Å². The molecule has 0 heterocycles. The van der Waals surface area contributed by atoms with Gasteiger partial charge in [0.15, 0.2) is 0 Å². The predicted molar refractivity (Wildman–Crippen MR) is 71.6 cm³/mol. The summed E-state index contributed by atoms with van der Waals surface area (Å²) in [6.07, 6.45) is 2.28. The summed E-state index contributed by atoms with van der Waals surface area (Å²) in [7, 11) is -1.72. The van der Waals surface area contributed by atoms with Gasteiger partial charge in [-0.3, -0.25) is 0 Å². The Kier molecular flexibility index (Phi) is 3.75. The van der Waals surface area contributed by atoms with Crippen LogP contribution in [0.1, 0.15) is 24.0 Å². The molecule has 0 aromatic heterocycles. The summed E-state index contributed by atoms with van der Waals surface area (Å²) in [6, 6.07) is 5.38. The minimum atomic E-state index is -3.38. The third-order valence-corrected chi connectivity index (χ3v) is 5.35. The number of rotatable bonds is 5. The van der Waals surface area contributed by atoms with Gasteiger partial charge >= 0.3 is 0 Å². The minimum Gasteiger partial charge on any atom is -0.326 e. The molecule has 1 fully saturated rings. The zero-order valence-electron chi connectivity index (χ0n) is 10.9. The summed E-state index contributed by atoms with van der Waals surface area (Å²) in [5.41, 5.74) is 7.19. The first-order chi connectivity index (χ1) is 8.45. The highest BCUT2D eigenvalue weighted by atomic mass is 32.2. The van der Waals surface area contributed by atoms with Gasteiger partial charge in [-0.1, -0.05) is 12.1 Å². The van der Waals surface area contributed by atoms with Crippen molar-refractivity contribution in [3.8, 4) is 0 Å². The van der Waals surface area contributed by atoms with Gasteiger partial charge in [-0.05, 0) is 42.9 Å². The second kappa shape index (κ2) is 4.99. The number of nitrogens with zero attached hydrogens (tertiary/aromatic N) is 1. The van der Waals surface area contributed by atoms with E-state index in [2.05, 4.69) is 0 Å². The Morgan fingerprint density at radius 2 is 2.06 bits per heavy atom. The molecule has 100 valence electrons. The van der Waals surface area contributed by atoms with E-state index in [1.165, 1.54) is 4.31 Å². The van der Waals surface area contributed by atoms with Crippen molar-refractivity contribution in [2.24, 2.45) is 11.7 Å². The molecule has 0 spiro atoms. The van der Waals surface area contributed by atoms with Crippen LogP contribution in [0.25, 0.3) is 0 Å². The van der Waals surface area contributed by atoms with E-state index in [1.54, 1.807) is 13.1 Å². The van der Waals surface area contributed by atoms with Crippen molar-refractivity contribution in [1.82, 2.24) is 4.31 Å². The normalized spacial score (nSPS) is 16.2. The van der Waals surface area contributed by atoms with Crippen LogP contribution < -0.4 is 5.73 Å². The summed E-state index contributed by atoms with van der Waals surface area (Å²) in [5.74, 6) is 0.544. The fourth-order valence-electron chi connectivity index (χ4n) is 1.98. The number of benzene rings is 1. The summed E-state index contributed by atoms with van der Waals surface area (Å²) >= 11 is 0. The molecule has 1 aromatic carbocycles. The van der Waals surface area contributed by atoms with Crippen LogP contribution in [0.3, 0.4) is 0 Å². The molecule has 1 aromatic rings. The zero-order valence-corrected chi connectivity index (χ0v) is 11.7. The van der Waals surface area contributed by atoms with Gasteiger partial charge in [0.25, 0.3) is 0 Å². The van der Waals surface area contributed by atoms with Gasteiger partial charge in [0, 0.05) is 20.1 Å². The molecule has 1 saturated carbocycles. The fraction of sp³-hybridized carbons (Fsp3) is 0.538. The Labute approximate surface area is 109 Å². The summed E-state index contributed by atoms with van der Waals surface area (Å²) in [4.78, 5) is 0.383. The van der Waals surface area contributed by atoms with Gasteiger partial charge in [-0.2, -0.15) is 0 Å². The Hall–Kier alpha value is -0.910. The molecule has 18 heavy (non-hydrogen) atoms. The van der Waals surface area contributed by atoms with Gasteiger partial charge in [0.05, 0.1) is 4.90 Å². The lowest BCUT2D eigenvalue weighted by molar-refractivity contribution is 0.452. The second-order valence-electron chi connectivity index (χ2n) is 5.03. The summed E-state index contributed by atoms with van der Waals surface area (Å²) < 4.78 is 26.4. The molecular formula is C13H20N2O2S. The fourth-order valence-corrected chi connectivity index (χ4v) is 3.50. The summed E-state index contributed by atoms with van der Waals surface area (Å²) in [6.45, 7) is 2.79. The molecule has 0 radical (unpaired) electrons. The van der Waals surface area contributed by atoms with Gasteiger partial charge in [0.2, 0.25) is 10.0 Å². The molecule has 2 N–H and O–H groups in total.